The zero-order chi connectivity index (χ0) is 35.8. The number of fused-ring (bicyclic) bond motifs is 2. The molecule has 1 unspecified atom stereocenters. The lowest BCUT2D eigenvalue weighted by atomic mass is 9.77. The van der Waals surface area contributed by atoms with Crippen LogP contribution in [0.5, 0.6) is 6.01 Å². The summed E-state index contributed by atoms with van der Waals surface area (Å²) in [6.07, 6.45) is 4.33. The molecule has 3 aliphatic heterocycles. The number of hydrogen-bond acceptors (Lipinski definition) is 11. The Hall–Kier alpha value is -4.34. The summed E-state index contributed by atoms with van der Waals surface area (Å²) in [5.74, 6) is -1.39. The Bertz CT molecular complexity index is 2190. The van der Waals surface area contributed by atoms with Gasteiger partial charge in [0.05, 0.1) is 51.9 Å². The molecule has 1 aliphatic carbocycles. The average molecular weight is 733 g/mol. The number of likely N-dealkylation sites (tertiary alicyclic amines) is 1. The lowest BCUT2D eigenvalue weighted by Gasteiger charge is -2.57. The summed E-state index contributed by atoms with van der Waals surface area (Å²) in [6.45, 7) is 4.33. The van der Waals surface area contributed by atoms with Crippen LogP contribution in [0.1, 0.15) is 51.0 Å². The number of nitrogen functional groups attached to an aromatic ring is 1. The fourth-order valence-corrected chi connectivity index (χ4v) is 9.57. The Morgan fingerprint density at radius 3 is 2.73 bits per heavy atom. The van der Waals surface area contributed by atoms with Crippen LogP contribution in [-0.4, -0.2) is 76.8 Å². The summed E-state index contributed by atoms with van der Waals surface area (Å²) >= 11 is 7.84. The second kappa shape index (κ2) is 12.7. The molecule has 2 aromatic heterocycles. The highest BCUT2D eigenvalue weighted by atomic mass is 35.5. The lowest BCUT2D eigenvalue weighted by Crippen LogP contribution is -2.69. The van der Waals surface area contributed by atoms with Crippen molar-refractivity contribution >= 4 is 60.7 Å². The molecule has 5 atom stereocenters. The van der Waals surface area contributed by atoms with E-state index in [0.29, 0.717) is 37.3 Å². The number of amides is 1. The summed E-state index contributed by atoms with van der Waals surface area (Å²) in [4.78, 5) is 32.5. The highest BCUT2D eigenvalue weighted by Crippen LogP contribution is 2.49. The van der Waals surface area contributed by atoms with Gasteiger partial charge in [0.25, 0.3) is 0 Å². The molecule has 51 heavy (non-hydrogen) atoms. The highest BCUT2D eigenvalue weighted by Gasteiger charge is 2.55. The normalized spacial score (nSPS) is 25.2. The Balaban J connectivity index is 1.25. The fraction of sp³-hybridized carbons (Fsp3) is 0.472. The number of benzene rings is 2. The van der Waals surface area contributed by atoms with E-state index in [1.807, 2.05) is 23.0 Å². The van der Waals surface area contributed by atoms with Gasteiger partial charge in [-0.05, 0) is 63.1 Å². The zero-order valence-corrected chi connectivity index (χ0v) is 29.7. The van der Waals surface area contributed by atoms with E-state index in [0.717, 1.165) is 50.0 Å². The standard InChI is InChI=1S/C36H35ClF2N8O3S/c1-18(26-5-3-11-47(26)49-2)50-35-43-30-22(14-24(37)28(29(30)39)20-6-7-25(38)31-27(20)23(16-41)32(42)51-31)33(44-35)45-10-4-8-36(17-45)9-12-46(36)34(48)21-13-19(21)15-40/h6-7,14,18-19,21,26H,3-5,8-13,17,42H2,1-2H3/t18-,19-,21+,26-,36?/m0/s1. The number of ether oxygens (including phenoxy) is 1. The number of anilines is 2. The number of carbonyl (C=O) groups excluding carboxylic acids is 1. The molecule has 0 bridgehead atoms. The average Bonchev–Trinajstić information content (AvgIpc) is 3.61. The number of nitriles is 2. The summed E-state index contributed by atoms with van der Waals surface area (Å²) in [5.41, 5.74) is 5.84. The highest BCUT2D eigenvalue weighted by molar-refractivity contribution is 7.23. The summed E-state index contributed by atoms with van der Waals surface area (Å²) in [7, 11) is 1.62. The van der Waals surface area contributed by atoms with Crippen LogP contribution in [0, 0.1) is 46.1 Å². The largest absolute Gasteiger partial charge is 0.459 e. The van der Waals surface area contributed by atoms with Crippen LogP contribution >= 0.6 is 22.9 Å². The number of hydrogen-bond donors (Lipinski definition) is 1. The third-order valence-corrected chi connectivity index (χ3v) is 12.5. The molecule has 15 heteroatoms. The first kappa shape index (κ1) is 33.8. The van der Waals surface area contributed by atoms with Gasteiger partial charge in [-0.25, -0.2) is 8.78 Å². The molecule has 264 valence electrons. The molecule has 1 saturated carbocycles. The predicted octanol–water partition coefficient (Wildman–Crippen LogP) is 6.42. The Morgan fingerprint density at radius 2 is 2.02 bits per heavy atom. The minimum Gasteiger partial charge on any atom is -0.459 e. The van der Waals surface area contributed by atoms with Crippen molar-refractivity contribution in [2.45, 2.75) is 63.1 Å². The Morgan fingerprint density at radius 1 is 1.20 bits per heavy atom. The molecule has 11 nitrogen and oxygen atoms in total. The van der Waals surface area contributed by atoms with E-state index in [1.165, 1.54) is 12.1 Å². The molecule has 1 spiro atoms. The number of thiophene rings is 1. The van der Waals surface area contributed by atoms with E-state index in [1.54, 1.807) is 13.2 Å². The van der Waals surface area contributed by atoms with Crippen molar-refractivity contribution in [1.82, 2.24) is 19.9 Å². The van der Waals surface area contributed by atoms with Gasteiger partial charge in [-0.1, -0.05) is 17.7 Å². The van der Waals surface area contributed by atoms with E-state index < -0.39 is 23.3 Å². The molecular formula is C36H35ClF2N8O3S. The van der Waals surface area contributed by atoms with Gasteiger partial charge in [-0.2, -0.15) is 25.6 Å². The molecule has 5 heterocycles. The molecule has 2 N–H and O–H groups in total. The van der Waals surface area contributed by atoms with Gasteiger partial charge < -0.3 is 25.1 Å². The van der Waals surface area contributed by atoms with E-state index in [9.17, 15) is 19.7 Å². The molecule has 3 saturated heterocycles. The monoisotopic (exact) mass is 732 g/mol. The minimum absolute atomic E-state index is 0.0226. The van der Waals surface area contributed by atoms with Crippen molar-refractivity contribution in [1.29, 1.82) is 10.5 Å². The Kier molecular flexibility index (Phi) is 8.42. The molecule has 4 fully saturated rings. The van der Waals surface area contributed by atoms with Crippen LogP contribution in [-0.2, 0) is 9.63 Å². The van der Waals surface area contributed by atoms with Crippen molar-refractivity contribution in [2.75, 3.05) is 43.9 Å². The van der Waals surface area contributed by atoms with Gasteiger partial charge in [-0.3, -0.25) is 4.79 Å². The van der Waals surface area contributed by atoms with E-state index >= 15 is 4.39 Å². The number of carbonyl (C=O) groups is 1. The first-order valence-corrected chi connectivity index (χ1v) is 18.3. The van der Waals surface area contributed by atoms with E-state index in [-0.39, 0.29) is 72.1 Å². The van der Waals surface area contributed by atoms with Crippen molar-refractivity contribution in [2.24, 2.45) is 11.8 Å². The number of aromatic nitrogens is 2. The Labute approximate surface area is 302 Å². The number of piperidine rings is 1. The fourth-order valence-electron chi connectivity index (χ4n) is 8.33. The van der Waals surface area contributed by atoms with Crippen molar-refractivity contribution in [3.8, 4) is 29.3 Å². The van der Waals surface area contributed by atoms with Crippen molar-refractivity contribution in [3.63, 3.8) is 0 Å². The summed E-state index contributed by atoms with van der Waals surface area (Å²) in [6, 6.07) is 8.37. The molecule has 4 aliphatic rings. The van der Waals surface area contributed by atoms with Crippen LogP contribution in [0.15, 0.2) is 18.2 Å². The van der Waals surface area contributed by atoms with Gasteiger partial charge in [0.2, 0.25) is 5.91 Å². The molecular weight excluding hydrogens is 698 g/mol. The van der Waals surface area contributed by atoms with Gasteiger partial charge in [-0.15, -0.1) is 11.3 Å². The first-order chi connectivity index (χ1) is 24.6. The second-order valence-corrected chi connectivity index (χ2v) is 15.4. The van der Waals surface area contributed by atoms with Gasteiger partial charge >= 0.3 is 6.01 Å². The SMILES string of the molecule is CON1CCC[C@H]1[C@H](C)Oc1nc(N2CCCC3(CCN3C(=O)[C@@H]3C[C@H]3C#N)C2)c2cc(Cl)c(-c3ccc(F)c4sc(N)c(C#N)c34)c(F)c2n1. The van der Waals surface area contributed by atoms with Crippen molar-refractivity contribution in [3.05, 3.63) is 40.4 Å². The zero-order valence-electron chi connectivity index (χ0n) is 28.1. The van der Waals surface area contributed by atoms with E-state index in [4.69, 9.17) is 31.9 Å². The van der Waals surface area contributed by atoms with Crippen LogP contribution in [0.4, 0.5) is 19.6 Å². The van der Waals surface area contributed by atoms with Gasteiger partial charge in [0.1, 0.15) is 34.3 Å². The number of halogens is 3. The number of nitrogens with two attached hydrogens (primary N) is 1. The molecule has 1 amide bonds. The van der Waals surface area contributed by atoms with Crippen LogP contribution in [0.2, 0.25) is 5.02 Å². The quantitative estimate of drug-likeness (QED) is 0.226. The molecule has 2 aromatic carbocycles. The third-order valence-electron chi connectivity index (χ3n) is 11.1. The second-order valence-electron chi connectivity index (χ2n) is 13.9. The lowest BCUT2D eigenvalue weighted by molar-refractivity contribution is -0.158. The van der Waals surface area contributed by atoms with Crippen LogP contribution < -0.4 is 15.4 Å². The molecule has 4 aromatic rings. The third kappa shape index (κ3) is 5.43. The van der Waals surface area contributed by atoms with Crippen LogP contribution in [0.3, 0.4) is 0 Å². The number of nitrogens with zero attached hydrogens (tertiary/aromatic N) is 7. The summed E-state index contributed by atoms with van der Waals surface area (Å²) in [5, 5.41) is 21.8. The van der Waals surface area contributed by atoms with E-state index in [2.05, 4.69) is 16.0 Å². The summed E-state index contributed by atoms with van der Waals surface area (Å²) < 4.78 is 38.6. The first-order valence-electron chi connectivity index (χ1n) is 17.1. The smallest absolute Gasteiger partial charge is 0.319 e. The minimum atomic E-state index is -0.775. The van der Waals surface area contributed by atoms with Gasteiger partial charge in [0, 0.05) is 42.5 Å². The van der Waals surface area contributed by atoms with Gasteiger partial charge in [0.15, 0.2) is 5.82 Å². The predicted molar refractivity (Wildman–Crippen MR) is 189 cm³/mol. The number of hydroxylamine groups is 2. The van der Waals surface area contributed by atoms with Crippen molar-refractivity contribution < 1.29 is 23.1 Å². The van der Waals surface area contributed by atoms with Crippen LogP contribution in [0.25, 0.3) is 32.1 Å². The topological polar surface area (TPSA) is 145 Å². The molecule has 8 rings (SSSR count). The maximum atomic E-state index is 17.2. The maximum absolute atomic E-state index is 17.2. The number of rotatable bonds is 7. The molecule has 0 radical (unpaired) electrons. The maximum Gasteiger partial charge on any atom is 0.319 e.